The van der Waals surface area contributed by atoms with Crippen molar-refractivity contribution in [3.63, 3.8) is 0 Å². The van der Waals surface area contributed by atoms with Crippen LogP contribution in [0.1, 0.15) is 26.2 Å². The fourth-order valence-electron chi connectivity index (χ4n) is 1.26. The minimum Gasteiger partial charge on any atom is -0.395 e. The molecular formula is C10H22N2O2. The predicted molar refractivity (Wildman–Crippen MR) is 56.8 cm³/mol. The molecule has 0 aromatic carbocycles. The quantitative estimate of drug-likeness (QED) is 0.620. The first kappa shape index (κ1) is 13.4. The predicted octanol–water partition coefficient (Wildman–Crippen LogP) is 0.202. The number of aliphatic hydroxyl groups excluding tert-OH is 1. The molecule has 0 bridgehead atoms. The summed E-state index contributed by atoms with van der Waals surface area (Å²) in [4.78, 5) is 13.0. The second kappa shape index (κ2) is 7.76. The molecule has 4 nitrogen and oxygen atoms in total. The highest BCUT2D eigenvalue weighted by Crippen LogP contribution is 2.09. The maximum atomic E-state index is 11.4. The molecule has 0 spiro atoms. The molecule has 0 aliphatic rings. The van der Waals surface area contributed by atoms with Gasteiger partial charge in [0.15, 0.2) is 0 Å². The summed E-state index contributed by atoms with van der Waals surface area (Å²) in [6.07, 6.45) is 2.40. The van der Waals surface area contributed by atoms with E-state index in [0.29, 0.717) is 25.4 Å². The van der Waals surface area contributed by atoms with E-state index < -0.39 is 0 Å². The van der Waals surface area contributed by atoms with Gasteiger partial charge in [0.05, 0.1) is 6.61 Å². The van der Waals surface area contributed by atoms with Gasteiger partial charge in [-0.3, -0.25) is 4.79 Å². The van der Waals surface area contributed by atoms with E-state index >= 15 is 0 Å². The van der Waals surface area contributed by atoms with Crippen LogP contribution in [0.3, 0.4) is 0 Å². The Hall–Kier alpha value is -0.610. The van der Waals surface area contributed by atoms with Gasteiger partial charge in [0.1, 0.15) is 0 Å². The number of carbonyl (C=O) groups is 1. The van der Waals surface area contributed by atoms with Gasteiger partial charge in [-0.15, -0.1) is 0 Å². The van der Waals surface area contributed by atoms with Crippen LogP contribution in [0.25, 0.3) is 0 Å². The Morgan fingerprint density at radius 2 is 2.14 bits per heavy atom. The normalized spacial score (nSPS) is 12.6. The summed E-state index contributed by atoms with van der Waals surface area (Å²) in [5.41, 5.74) is 5.41. The van der Waals surface area contributed by atoms with Gasteiger partial charge in [-0.1, -0.05) is 6.92 Å². The SMILES string of the molecule is CC(CCN)CCC(=O)N(C)CCO. The van der Waals surface area contributed by atoms with Gasteiger partial charge in [-0.25, -0.2) is 0 Å². The molecule has 0 aliphatic heterocycles. The minimum atomic E-state index is 0.0284. The highest BCUT2D eigenvalue weighted by Gasteiger charge is 2.09. The number of nitrogens with two attached hydrogens (primary N) is 1. The van der Waals surface area contributed by atoms with Crippen molar-refractivity contribution in [3.8, 4) is 0 Å². The van der Waals surface area contributed by atoms with E-state index in [2.05, 4.69) is 6.92 Å². The van der Waals surface area contributed by atoms with Crippen LogP contribution < -0.4 is 5.73 Å². The third-order valence-corrected chi connectivity index (χ3v) is 2.37. The van der Waals surface area contributed by atoms with Crippen LogP contribution in [0.4, 0.5) is 0 Å². The van der Waals surface area contributed by atoms with Crippen LogP contribution in [0.2, 0.25) is 0 Å². The Morgan fingerprint density at radius 1 is 1.50 bits per heavy atom. The fourth-order valence-corrected chi connectivity index (χ4v) is 1.26. The van der Waals surface area contributed by atoms with E-state index in [4.69, 9.17) is 10.8 Å². The lowest BCUT2D eigenvalue weighted by Crippen LogP contribution is -2.29. The van der Waals surface area contributed by atoms with Crippen molar-refractivity contribution in [3.05, 3.63) is 0 Å². The van der Waals surface area contributed by atoms with Crippen LogP contribution in [-0.2, 0) is 4.79 Å². The largest absolute Gasteiger partial charge is 0.395 e. The molecule has 0 aromatic heterocycles. The summed E-state index contributed by atoms with van der Waals surface area (Å²) < 4.78 is 0. The van der Waals surface area contributed by atoms with E-state index in [1.807, 2.05) is 0 Å². The highest BCUT2D eigenvalue weighted by molar-refractivity contribution is 5.75. The van der Waals surface area contributed by atoms with Gasteiger partial charge >= 0.3 is 0 Å². The van der Waals surface area contributed by atoms with Crippen molar-refractivity contribution in [2.24, 2.45) is 11.7 Å². The minimum absolute atomic E-state index is 0.0284. The van der Waals surface area contributed by atoms with Crippen LogP contribution >= 0.6 is 0 Å². The van der Waals surface area contributed by atoms with Crippen molar-refractivity contribution < 1.29 is 9.90 Å². The van der Waals surface area contributed by atoms with Gasteiger partial charge in [0, 0.05) is 20.0 Å². The molecule has 0 fully saturated rings. The number of rotatable bonds is 7. The number of amides is 1. The number of likely N-dealkylation sites (N-methyl/N-ethyl adjacent to an activating group) is 1. The zero-order valence-corrected chi connectivity index (χ0v) is 9.20. The first-order valence-electron chi connectivity index (χ1n) is 5.16. The van der Waals surface area contributed by atoms with E-state index in [1.165, 1.54) is 0 Å². The summed E-state index contributed by atoms with van der Waals surface area (Å²) in [5.74, 6) is 0.606. The van der Waals surface area contributed by atoms with Crippen LogP contribution in [0.15, 0.2) is 0 Å². The topological polar surface area (TPSA) is 66.6 Å². The molecule has 0 rings (SSSR count). The molecule has 1 atom stereocenters. The van der Waals surface area contributed by atoms with Crippen LogP contribution in [0.5, 0.6) is 0 Å². The monoisotopic (exact) mass is 202 g/mol. The maximum absolute atomic E-state index is 11.4. The maximum Gasteiger partial charge on any atom is 0.222 e. The van der Waals surface area contributed by atoms with E-state index in [9.17, 15) is 4.79 Å². The lowest BCUT2D eigenvalue weighted by atomic mass is 10.0. The van der Waals surface area contributed by atoms with Crippen molar-refractivity contribution in [2.75, 3.05) is 26.7 Å². The summed E-state index contributed by atoms with van der Waals surface area (Å²) in [7, 11) is 1.71. The first-order chi connectivity index (χ1) is 6.61. The van der Waals surface area contributed by atoms with Gasteiger partial charge < -0.3 is 15.7 Å². The third-order valence-electron chi connectivity index (χ3n) is 2.37. The van der Waals surface area contributed by atoms with Crippen LogP contribution in [0, 0.1) is 5.92 Å². The van der Waals surface area contributed by atoms with Gasteiger partial charge in [-0.05, 0) is 25.3 Å². The average molecular weight is 202 g/mol. The summed E-state index contributed by atoms with van der Waals surface area (Å²) in [6.45, 7) is 3.23. The molecule has 0 radical (unpaired) electrons. The number of hydrogen-bond donors (Lipinski definition) is 2. The van der Waals surface area contributed by atoms with Gasteiger partial charge in [0.25, 0.3) is 0 Å². The van der Waals surface area contributed by atoms with Gasteiger partial charge in [0.2, 0.25) is 5.91 Å². The van der Waals surface area contributed by atoms with E-state index in [-0.39, 0.29) is 12.5 Å². The molecule has 14 heavy (non-hydrogen) atoms. The lowest BCUT2D eigenvalue weighted by Gasteiger charge is -2.16. The van der Waals surface area contributed by atoms with Crippen LogP contribution in [-0.4, -0.2) is 42.7 Å². The lowest BCUT2D eigenvalue weighted by molar-refractivity contribution is -0.130. The number of nitrogens with zero attached hydrogens (tertiary/aromatic N) is 1. The average Bonchev–Trinajstić information content (AvgIpc) is 2.15. The van der Waals surface area contributed by atoms with Gasteiger partial charge in [-0.2, -0.15) is 0 Å². The first-order valence-corrected chi connectivity index (χ1v) is 5.16. The third kappa shape index (κ3) is 5.94. The van der Waals surface area contributed by atoms with Crippen molar-refractivity contribution in [2.45, 2.75) is 26.2 Å². The molecular weight excluding hydrogens is 180 g/mol. The smallest absolute Gasteiger partial charge is 0.222 e. The fraction of sp³-hybridized carbons (Fsp3) is 0.900. The molecule has 1 unspecified atom stereocenters. The Morgan fingerprint density at radius 3 is 2.64 bits per heavy atom. The molecule has 0 saturated carbocycles. The number of aliphatic hydroxyl groups is 1. The Labute approximate surface area is 86.1 Å². The van der Waals surface area contributed by atoms with E-state index in [0.717, 1.165) is 12.8 Å². The summed E-state index contributed by atoms with van der Waals surface area (Å²) in [5, 5.41) is 8.64. The molecule has 0 heterocycles. The molecule has 3 N–H and O–H groups in total. The number of hydrogen-bond acceptors (Lipinski definition) is 3. The highest BCUT2D eigenvalue weighted by atomic mass is 16.3. The second-order valence-corrected chi connectivity index (χ2v) is 3.76. The van der Waals surface area contributed by atoms with E-state index in [1.54, 1.807) is 11.9 Å². The standard InChI is InChI=1S/C10H22N2O2/c1-9(5-6-11)3-4-10(14)12(2)7-8-13/h9,13H,3-8,11H2,1-2H3. The zero-order valence-electron chi connectivity index (χ0n) is 9.20. The molecule has 1 amide bonds. The van der Waals surface area contributed by atoms with Crippen molar-refractivity contribution in [1.82, 2.24) is 4.90 Å². The van der Waals surface area contributed by atoms with Crippen molar-refractivity contribution >= 4 is 5.91 Å². The summed E-state index contributed by atoms with van der Waals surface area (Å²) in [6, 6.07) is 0. The molecule has 0 saturated heterocycles. The molecule has 84 valence electrons. The molecule has 0 aromatic rings. The summed E-state index contributed by atoms with van der Waals surface area (Å²) >= 11 is 0. The zero-order chi connectivity index (χ0) is 11.0. The second-order valence-electron chi connectivity index (χ2n) is 3.76. The molecule has 0 aliphatic carbocycles. The Kier molecular flexibility index (Phi) is 7.42. The van der Waals surface area contributed by atoms with Crippen molar-refractivity contribution in [1.29, 1.82) is 0 Å². The Bertz CT molecular complexity index is 162. The Balaban J connectivity index is 3.61. The molecule has 4 heteroatoms. The number of carbonyl (C=O) groups excluding carboxylic acids is 1.